The van der Waals surface area contributed by atoms with E-state index in [-0.39, 0.29) is 27.9 Å². The number of amides is 1. The lowest BCUT2D eigenvalue weighted by molar-refractivity contribution is 0.0947. The van der Waals surface area contributed by atoms with Gasteiger partial charge in [0.05, 0.1) is 20.6 Å². The number of carbonyl (C=O) groups excluding carboxylic acids is 1. The van der Waals surface area contributed by atoms with E-state index in [9.17, 15) is 21.6 Å². The van der Waals surface area contributed by atoms with Crippen molar-refractivity contribution in [2.75, 3.05) is 7.05 Å². The number of nitrogens with one attached hydrogen (secondary N) is 1. The van der Waals surface area contributed by atoms with Crippen molar-refractivity contribution in [3.05, 3.63) is 59.7 Å². The molecule has 0 aromatic heterocycles. The molecule has 2 aromatic carbocycles. The topological polar surface area (TPSA) is 101 Å². The van der Waals surface area contributed by atoms with Gasteiger partial charge in [0.2, 0.25) is 10.0 Å². The van der Waals surface area contributed by atoms with Gasteiger partial charge >= 0.3 is 0 Å². The van der Waals surface area contributed by atoms with E-state index in [0.29, 0.717) is 5.56 Å². The van der Waals surface area contributed by atoms with Crippen LogP contribution in [0, 0.1) is 0 Å². The van der Waals surface area contributed by atoms with Gasteiger partial charge in [-0.25, -0.2) is 16.8 Å². The molecule has 2 rings (SSSR count). The summed E-state index contributed by atoms with van der Waals surface area (Å²) in [6.07, 6.45) is 0. The molecule has 0 bridgehead atoms. The summed E-state index contributed by atoms with van der Waals surface area (Å²) in [6, 6.07) is 12.2. The third-order valence-corrected chi connectivity index (χ3v) is 9.10. The Morgan fingerprint density at radius 2 is 1.50 bits per heavy atom. The highest BCUT2D eigenvalue weighted by Crippen LogP contribution is 2.21. The van der Waals surface area contributed by atoms with Crippen molar-refractivity contribution in [3.63, 3.8) is 0 Å². The predicted octanol–water partition coefficient (Wildman–Crippen LogP) is 2.83. The lowest BCUT2D eigenvalue weighted by Crippen LogP contribution is -2.33. The molecule has 0 radical (unpaired) electrons. The van der Waals surface area contributed by atoms with E-state index in [2.05, 4.69) is 5.32 Å². The number of carbonyl (C=O) groups is 1. The Kier molecular flexibility index (Phi) is 7.44. The van der Waals surface area contributed by atoms with Crippen LogP contribution < -0.4 is 5.32 Å². The maximum Gasteiger partial charge on any atom is 0.252 e. The summed E-state index contributed by atoms with van der Waals surface area (Å²) in [7, 11) is -5.66. The first-order valence-electron chi connectivity index (χ1n) is 9.57. The number of sulfonamides is 1. The summed E-state index contributed by atoms with van der Waals surface area (Å²) in [6.45, 7) is 6.85. The van der Waals surface area contributed by atoms with Gasteiger partial charge in [0, 0.05) is 19.6 Å². The average Bonchev–Trinajstić information content (AvgIpc) is 2.71. The van der Waals surface area contributed by atoms with E-state index in [1.165, 1.54) is 35.6 Å². The highest BCUT2D eigenvalue weighted by Gasteiger charge is 2.25. The van der Waals surface area contributed by atoms with Crippen LogP contribution in [-0.2, 0) is 26.4 Å². The molecule has 2 aromatic rings. The fourth-order valence-corrected chi connectivity index (χ4v) is 5.27. The van der Waals surface area contributed by atoms with E-state index in [0.717, 1.165) is 0 Å². The van der Waals surface area contributed by atoms with Crippen LogP contribution in [0.2, 0.25) is 0 Å². The molecule has 164 valence electrons. The van der Waals surface area contributed by atoms with Gasteiger partial charge in [-0.05, 0) is 57.5 Å². The standard InChI is InChI=1S/C21H28N2O5S2/c1-15(2)23(5)30(27,28)18-12-10-17(11-13-18)14-22-21(24)19-8-6-7-9-20(19)29(25,26)16(3)4/h6-13,15-16H,14H2,1-5H3,(H,22,24). The average molecular weight is 453 g/mol. The van der Waals surface area contributed by atoms with Gasteiger partial charge in [-0.2, -0.15) is 4.31 Å². The van der Waals surface area contributed by atoms with Crippen molar-refractivity contribution in [2.24, 2.45) is 0 Å². The lowest BCUT2D eigenvalue weighted by atomic mass is 10.2. The molecule has 0 atom stereocenters. The third kappa shape index (κ3) is 5.08. The Balaban J connectivity index is 2.17. The molecular formula is C21H28N2O5S2. The molecule has 0 aliphatic rings. The lowest BCUT2D eigenvalue weighted by Gasteiger charge is -2.21. The van der Waals surface area contributed by atoms with Gasteiger partial charge in [0.1, 0.15) is 0 Å². The Morgan fingerprint density at radius 1 is 0.933 bits per heavy atom. The number of benzene rings is 2. The molecule has 1 N–H and O–H groups in total. The Labute approximate surface area is 179 Å². The minimum absolute atomic E-state index is 0.00401. The molecule has 0 heterocycles. The monoisotopic (exact) mass is 452 g/mol. The number of sulfone groups is 1. The van der Waals surface area contributed by atoms with Gasteiger partial charge in [0.15, 0.2) is 9.84 Å². The van der Waals surface area contributed by atoms with Crippen LogP contribution in [0.4, 0.5) is 0 Å². The van der Waals surface area contributed by atoms with E-state index in [4.69, 9.17) is 0 Å². The number of rotatable bonds is 8. The summed E-state index contributed by atoms with van der Waals surface area (Å²) in [4.78, 5) is 12.8. The van der Waals surface area contributed by atoms with Crippen molar-refractivity contribution in [1.82, 2.24) is 9.62 Å². The fraction of sp³-hybridized carbons (Fsp3) is 0.381. The molecule has 0 aliphatic heterocycles. The molecule has 7 nitrogen and oxygen atoms in total. The third-order valence-electron chi connectivity index (χ3n) is 4.84. The van der Waals surface area contributed by atoms with Crippen LogP contribution in [0.25, 0.3) is 0 Å². The van der Waals surface area contributed by atoms with Gasteiger partial charge in [-0.1, -0.05) is 24.3 Å². The Hall–Kier alpha value is -2.23. The van der Waals surface area contributed by atoms with Crippen molar-refractivity contribution in [1.29, 1.82) is 0 Å². The minimum Gasteiger partial charge on any atom is -0.348 e. The fourth-order valence-electron chi connectivity index (χ4n) is 2.66. The van der Waals surface area contributed by atoms with E-state index >= 15 is 0 Å². The second kappa shape index (κ2) is 9.28. The minimum atomic E-state index is -3.60. The molecule has 0 saturated carbocycles. The molecular weight excluding hydrogens is 424 g/mol. The summed E-state index contributed by atoms with van der Waals surface area (Å²) in [5.41, 5.74) is 0.780. The van der Waals surface area contributed by atoms with Crippen LogP contribution in [-0.4, -0.2) is 45.4 Å². The van der Waals surface area contributed by atoms with Crippen molar-refractivity contribution < 1.29 is 21.6 Å². The first kappa shape index (κ1) is 24.0. The van der Waals surface area contributed by atoms with Gasteiger partial charge in [0.25, 0.3) is 5.91 Å². The first-order valence-corrected chi connectivity index (χ1v) is 12.6. The molecule has 0 saturated heterocycles. The van der Waals surface area contributed by atoms with Crippen LogP contribution in [0.5, 0.6) is 0 Å². The molecule has 1 amide bonds. The summed E-state index contributed by atoms with van der Waals surface area (Å²) < 4.78 is 51.4. The maximum absolute atomic E-state index is 12.6. The van der Waals surface area contributed by atoms with Crippen LogP contribution in [0.15, 0.2) is 58.3 Å². The zero-order chi connectivity index (χ0) is 22.7. The molecule has 0 unspecified atom stereocenters. The quantitative estimate of drug-likeness (QED) is 0.664. The number of hydrogen-bond donors (Lipinski definition) is 1. The Bertz CT molecular complexity index is 1110. The van der Waals surface area contributed by atoms with E-state index < -0.39 is 31.0 Å². The molecule has 0 aliphatic carbocycles. The smallest absolute Gasteiger partial charge is 0.252 e. The molecule has 9 heteroatoms. The van der Waals surface area contributed by atoms with Crippen molar-refractivity contribution >= 4 is 25.8 Å². The zero-order valence-corrected chi connectivity index (χ0v) is 19.4. The zero-order valence-electron chi connectivity index (χ0n) is 17.8. The number of hydrogen-bond acceptors (Lipinski definition) is 5. The molecule has 0 spiro atoms. The van der Waals surface area contributed by atoms with Crippen LogP contribution in [0.3, 0.4) is 0 Å². The second-order valence-corrected chi connectivity index (χ2v) is 12.0. The summed E-state index contributed by atoms with van der Waals surface area (Å²) >= 11 is 0. The predicted molar refractivity (Wildman–Crippen MR) is 116 cm³/mol. The summed E-state index contributed by atoms with van der Waals surface area (Å²) in [5, 5.41) is 2.05. The molecule has 0 fully saturated rings. The maximum atomic E-state index is 12.6. The van der Waals surface area contributed by atoms with Gasteiger partial charge in [-0.15, -0.1) is 0 Å². The van der Waals surface area contributed by atoms with Crippen LogP contribution in [0.1, 0.15) is 43.6 Å². The van der Waals surface area contributed by atoms with Crippen molar-refractivity contribution in [2.45, 2.75) is 55.3 Å². The number of nitrogens with zero attached hydrogens (tertiary/aromatic N) is 1. The normalized spacial score (nSPS) is 12.5. The second-order valence-electron chi connectivity index (χ2n) is 7.53. The van der Waals surface area contributed by atoms with Gasteiger partial charge in [-0.3, -0.25) is 4.79 Å². The summed E-state index contributed by atoms with van der Waals surface area (Å²) in [5.74, 6) is -0.508. The van der Waals surface area contributed by atoms with E-state index in [1.807, 2.05) is 0 Å². The highest BCUT2D eigenvalue weighted by molar-refractivity contribution is 7.92. The largest absolute Gasteiger partial charge is 0.348 e. The van der Waals surface area contributed by atoms with E-state index in [1.54, 1.807) is 52.0 Å². The van der Waals surface area contributed by atoms with Crippen molar-refractivity contribution in [3.8, 4) is 0 Å². The first-order chi connectivity index (χ1) is 13.9. The Morgan fingerprint density at radius 3 is 2.03 bits per heavy atom. The van der Waals surface area contributed by atoms with Gasteiger partial charge < -0.3 is 5.32 Å². The molecule has 30 heavy (non-hydrogen) atoms. The highest BCUT2D eigenvalue weighted by atomic mass is 32.2. The SMILES string of the molecule is CC(C)N(C)S(=O)(=O)c1ccc(CNC(=O)c2ccccc2S(=O)(=O)C(C)C)cc1. The van der Waals surface area contributed by atoms with Crippen LogP contribution >= 0.6 is 0 Å².